The molecule has 0 unspecified atom stereocenters. The minimum absolute atomic E-state index is 0.0248. The molecule has 1 heterocycles. The van der Waals surface area contributed by atoms with Gasteiger partial charge in [0.05, 0.1) is 6.04 Å². The first-order chi connectivity index (χ1) is 14.0. The summed E-state index contributed by atoms with van der Waals surface area (Å²) in [5.41, 5.74) is 3.15. The minimum Gasteiger partial charge on any atom is -0.446 e. The Labute approximate surface area is 169 Å². The molecule has 29 heavy (non-hydrogen) atoms. The predicted molar refractivity (Wildman–Crippen MR) is 106 cm³/mol. The number of hydrogen-bond donors (Lipinski definition) is 2. The second-order valence-corrected chi connectivity index (χ2v) is 7.49. The summed E-state index contributed by atoms with van der Waals surface area (Å²) in [5.74, 6) is -0.300. The molecular formula is C22H24FN3O3. The van der Waals surface area contributed by atoms with Gasteiger partial charge in [0.1, 0.15) is 11.9 Å². The molecule has 1 aliphatic heterocycles. The van der Waals surface area contributed by atoms with E-state index in [0.29, 0.717) is 19.4 Å². The van der Waals surface area contributed by atoms with E-state index in [1.54, 1.807) is 12.1 Å². The molecule has 1 saturated carbocycles. The van der Waals surface area contributed by atoms with Gasteiger partial charge in [-0.2, -0.15) is 0 Å². The Balaban J connectivity index is 1.49. The maximum atomic E-state index is 13.5. The maximum Gasteiger partial charge on any atom is 0.407 e. The van der Waals surface area contributed by atoms with Crippen LogP contribution in [0.25, 0.3) is 0 Å². The van der Waals surface area contributed by atoms with Gasteiger partial charge in [-0.15, -0.1) is 0 Å². The number of carbonyl (C=O) groups excluding carboxylic acids is 2. The van der Waals surface area contributed by atoms with Crippen molar-refractivity contribution in [2.75, 3.05) is 13.6 Å². The standard InChI is InChI=1S/C22H24FN3O3/c1-24-22(28)29-18-12-17(13-18)25-21(27)26-11-10-14-4-2-3-5-19(14)20(26)15-6-8-16(23)9-7-15/h2-9,17-18,20H,10-13H2,1H3,(H,24,28)(H,25,27)/t17-,18-,20-/m0/s1. The fourth-order valence-corrected chi connectivity index (χ4v) is 4.04. The van der Waals surface area contributed by atoms with E-state index in [1.165, 1.54) is 24.7 Å². The molecular weight excluding hydrogens is 373 g/mol. The van der Waals surface area contributed by atoms with Gasteiger partial charge in [-0.3, -0.25) is 0 Å². The number of carbonyl (C=O) groups is 2. The van der Waals surface area contributed by atoms with E-state index >= 15 is 0 Å². The number of halogens is 1. The largest absolute Gasteiger partial charge is 0.446 e. The number of amides is 3. The van der Waals surface area contributed by atoms with Crippen LogP contribution in [0, 0.1) is 5.82 Å². The highest BCUT2D eigenvalue weighted by Crippen LogP contribution is 2.35. The Kier molecular flexibility index (Phi) is 5.38. The van der Waals surface area contributed by atoms with Gasteiger partial charge in [0, 0.05) is 32.5 Å². The summed E-state index contributed by atoms with van der Waals surface area (Å²) in [6.07, 6.45) is 1.35. The maximum absolute atomic E-state index is 13.5. The van der Waals surface area contributed by atoms with Gasteiger partial charge in [0.25, 0.3) is 0 Å². The Morgan fingerprint density at radius 2 is 1.83 bits per heavy atom. The predicted octanol–water partition coefficient (Wildman–Crippen LogP) is 3.37. The molecule has 0 aromatic heterocycles. The Morgan fingerprint density at radius 3 is 2.55 bits per heavy atom. The molecule has 7 heteroatoms. The molecule has 4 rings (SSSR count). The van der Waals surface area contributed by atoms with Crippen LogP contribution < -0.4 is 10.6 Å². The lowest BCUT2D eigenvalue weighted by molar-refractivity contribution is 0.0339. The number of alkyl carbamates (subject to hydrolysis) is 1. The summed E-state index contributed by atoms with van der Waals surface area (Å²) in [7, 11) is 1.52. The van der Waals surface area contributed by atoms with Crippen LogP contribution in [-0.4, -0.2) is 42.8 Å². The van der Waals surface area contributed by atoms with E-state index in [0.717, 1.165) is 17.5 Å². The van der Waals surface area contributed by atoms with Crippen molar-refractivity contribution in [1.29, 1.82) is 0 Å². The number of nitrogens with one attached hydrogen (secondary N) is 2. The fraction of sp³-hybridized carbons (Fsp3) is 0.364. The van der Waals surface area contributed by atoms with Gasteiger partial charge < -0.3 is 20.3 Å². The number of benzene rings is 2. The molecule has 3 amide bonds. The zero-order valence-electron chi connectivity index (χ0n) is 16.2. The summed E-state index contributed by atoms with van der Waals surface area (Å²) in [4.78, 5) is 26.2. The fourth-order valence-electron chi connectivity index (χ4n) is 4.04. The number of urea groups is 1. The van der Waals surface area contributed by atoms with E-state index in [1.807, 2.05) is 23.1 Å². The molecule has 0 radical (unpaired) electrons. The lowest BCUT2D eigenvalue weighted by atomic mass is 9.87. The van der Waals surface area contributed by atoms with Crippen LogP contribution in [0.1, 0.15) is 35.6 Å². The van der Waals surface area contributed by atoms with Crippen molar-refractivity contribution < 1.29 is 18.7 Å². The van der Waals surface area contributed by atoms with Crippen molar-refractivity contribution in [3.8, 4) is 0 Å². The molecule has 1 aliphatic carbocycles. The summed E-state index contributed by atoms with van der Waals surface area (Å²) in [6.45, 7) is 0.579. The summed E-state index contributed by atoms with van der Waals surface area (Å²) < 4.78 is 18.6. The molecule has 2 aliphatic rings. The zero-order valence-corrected chi connectivity index (χ0v) is 16.2. The summed E-state index contributed by atoms with van der Waals surface area (Å²) in [5, 5.41) is 5.48. The Bertz CT molecular complexity index is 896. The normalized spacial score (nSPS) is 22.8. The van der Waals surface area contributed by atoms with Gasteiger partial charge in [0.15, 0.2) is 0 Å². The van der Waals surface area contributed by atoms with Crippen LogP contribution >= 0.6 is 0 Å². The molecule has 1 atom stereocenters. The lowest BCUT2D eigenvalue weighted by Crippen LogP contribution is -2.54. The van der Waals surface area contributed by atoms with Gasteiger partial charge in [0.2, 0.25) is 0 Å². The van der Waals surface area contributed by atoms with Gasteiger partial charge >= 0.3 is 12.1 Å². The third kappa shape index (κ3) is 4.04. The van der Waals surface area contributed by atoms with Crippen molar-refractivity contribution in [2.45, 2.75) is 37.5 Å². The molecule has 0 bridgehead atoms. The van der Waals surface area contributed by atoms with Crippen molar-refractivity contribution in [3.05, 3.63) is 71.0 Å². The number of nitrogens with zero attached hydrogens (tertiary/aromatic N) is 1. The van der Waals surface area contributed by atoms with Crippen molar-refractivity contribution in [1.82, 2.24) is 15.5 Å². The van der Waals surface area contributed by atoms with Crippen LogP contribution in [-0.2, 0) is 11.2 Å². The average molecular weight is 397 g/mol. The van der Waals surface area contributed by atoms with E-state index < -0.39 is 6.09 Å². The monoisotopic (exact) mass is 397 g/mol. The molecule has 0 spiro atoms. The van der Waals surface area contributed by atoms with Crippen LogP contribution in [0.5, 0.6) is 0 Å². The number of fused-ring (bicyclic) bond motifs is 1. The SMILES string of the molecule is CNC(=O)O[C@H]1C[C@H](NC(=O)N2CCc3ccccc3[C@@H]2c2ccc(F)cc2)C1. The smallest absolute Gasteiger partial charge is 0.407 e. The van der Waals surface area contributed by atoms with Crippen LogP contribution in [0.3, 0.4) is 0 Å². The molecule has 1 fully saturated rings. The van der Waals surface area contributed by atoms with Crippen molar-refractivity contribution >= 4 is 12.1 Å². The highest BCUT2D eigenvalue weighted by atomic mass is 19.1. The third-order valence-electron chi connectivity index (χ3n) is 5.63. The molecule has 2 N–H and O–H groups in total. The van der Waals surface area contributed by atoms with Crippen LogP contribution in [0.4, 0.5) is 14.0 Å². The third-order valence-corrected chi connectivity index (χ3v) is 5.63. The Morgan fingerprint density at radius 1 is 1.10 bits per heavy atom. The molecule has 2 aromatic carbocycles. The van der Waals surface area contributed by atoms with Crippen molar-refractivity contribution in [2.24, 2.45) is 0 Å². The van der Waals surface area contributed by atoms with Crippen LogP contribution in [0.2, 0.25) is 0 Å². The first kappa shape index (κ1) is 19.2. The topological polar surface area (TPSA) is 70.7 Å². The molecule has 152 valence electrons. The zero-order chi connectivity index (χ0) is 20.4. The second kappa shape index (κ2) is 8.11. The molecule has 0 saturated heterocycles. The highest BCUT2D eigenvalue weighted by Gasteiger charge is 2.37. The van der Waals surface area contributed by atoms with Crippen molar-refractivity contribution in [3.63, 3.8) is 0 Å². The van der Waals surface area contributed by atoms with Gasteiger partial charge in [-0.1, -0.05) is 36.4 Å². The summed E-state index contributed by atoms with van der Waals surface area (Å²) >= 11 is 0. The average Bonchev–Trinajstić information content (AvgIpc) is 2.71. The number of ether oxygens (including phenoxy) is 1. The first-order valence-electron chi connectivity index (χ1n) is 9.84. The van der Waals surface area contributed by atoms with E-state index in [9.17, 15) is 14.0 Å². The van der Waals surface area contributed by atoms with Gasteiger partial charge in [-0.25, -0.2) is 14.0 Å². The second-order valence-electron chi connectivity index (χ2n) is 7.49. The Hall–Kier alpha value is -3.09. The molecule has 6 nitrogen and oxygen atoms in total. The van der Waals surface area contributed by atoms with Gasteiger partial charge in [-0.05, 0) is 35.2 Å². The lowest BCUT2D eigenvalue weighted by Gasteiger charge is -2.41. The number of rotatable bonds is 3. The highest BCUT2D eigenvalue weighted by molar-refractivity contribution is 5.76. The number of hydrogen-bond acceptors (Lipinski definition) is 3. The minimum atomic E-state index is -0.455. The van der Waals surface area contributed by atoms with Crippen LogP contribution in [0.15, 0.2) is 48.5 Å². The quantitative estimate of drug-likeness (QED) is 0.834. The van der Waals surface area contributed by atoms with E-state index in [4.69, 9.17) is 4.74 Å². The summed E-state index contributed by atoms with van der Waals surface area (Å²) in [6, 6.07) is 13.9. The molecule has 2 aromatic rings. The van der Waals surface area contributed by atoms with E-state index in [-0.39, 0.29) is 30.0 Å². The first-order valence-corrected chi connectivity index (χ1v) is 9.84. The van der Waals surface area contributed by atoms with E-state index in [2.05, 4.69) is 16.7 Å².